The molecule has 0 radical (unpaired) electrons. The molecule has 6 heteroatoms. The Hall–Kier alpha value is -2.63. The highest BCUT2D eigenvalue weighted by molar-refractivity contribution is 5.87. The normalized spacial score (nSPS) is 17.6. The van der Waals surface area contributed by atoms with Gasteiger partial charge in [-0.25, -0.2) is 4.39 Å². The van der Waals surface area contributed by atoms with Gasteiger partial charge in [-0.3, -0.25) is 9.59 Å². The van der Waals surface area contributed by atoms with E-state index in [2.05, 4.69) is 10.6 Å². The molecule has 2 heterocycles. The van der Waals surface area contributed by atoms with E-state index in [1.165, 1.54) is 6.07 Å². The molecule has 1 aromatic carbocycles. The molecule has 25 heavy (non-hydrogen) atoms. The van der Waals surface area contributed by atoms with E-state index in [9.17, 15) is 14.0 Å². The lowest BCUT2D eigenvalue weighted by Crippen LogP contribution is -2.45. The van der Waals surface area contributed by atoms with Gasteiger partial charge >= 0.3 is 0 Å². The van der Waals surface area contributed by atoms with Gasteiger partial charge in [0.1, 0.15) is 23.4 Å². The van der Waals surface area contributed by atoms with Crippen LogP contribution in [0, 0.1) is 5.82 Å². The standard InChI is InChI=1S/C19H21FN2O3/c20-15-6-2-1-5-14(15)17-10-8-13(25-17)9-11-18(23)22-16-7-3-4-12-21-19(16)24/h1-2,5-6,8,10,16H,3-4,7,9,11-12H2,(H,21,24)(H,22,23)/t16-/m1/s1. The maximum atomic E-state index is 13.8. The SMILES string of the molecule is O=C(CCc1ccc(-c2ccccc2F)o1)N[C@@H]1CCCCNC1=O. The Morgan fingerprint density at radius 2 is 2.08 bits per heavy atom. The summed E-state index contributed by atoms with van der Waals surface area (Å²) in [5.74, 6) is 0.396. The van der Waals surface area contributed by atoms with Crippen LogP contribution in [-0.2, 0) is 16.0 Å². The minimum Gasteiger partial charge on any atom is -0.461 e. The van der Waals surface area contributed by atoms with Crippen molar-refractivity contribution in [2.24, 2.45) is 0 Å². The summed E-state index contributed by atoms with van der Waals surface area (Å²) in [5, 5.41) is 5.57. The zero-order valence-electron chi connectivity index (χ0n) is 13.9. The fourth-order valence-electron chi connectivity index (χ4n) is 2.90. The van der Waals surface area contributed by atoms with Crippen LogP contribution >= 0.6 is 0 Å². The first-order valence-corrected chi connectivity index (χ1v) is 8.54. The maximum absolute atomic E-state index is 13.8. The highest BCUT2D eigenvalue weighted by Gasteiger charge is 2.22. The van der Waals surface area contributed by atoms with Gasteiger partial charge in [0.25, 0.3) is 0 Å². The number of benzene rings is 1. The van der Waals surface area contributed by atoms with Crippen LogP contribution < -0.4 is 10.6 Å². The van der Waals surface area contributed by atoms with Gasteiger partial charge in [0, 0.05) is 19.4 Å². The molecule has 0 aliphatic carbocycles. The number of nitrogens with one attached hydrogen (secondary N) is 2. The van der Waals surface area contributed by atoms with Crippen LogP contribution in [0.4, 0.5) is 4.39 Å². The number of carbonyl (C=O) groups is 2. The first-order valence-electron chi connectivity index (χ1n) is 8.54. The summed E-state index contributed by atoms with van der Waals surface area (Å²) in [5.41, 5.74) is 0.397. The monoisotopic (exact) mass is 344 g/mol. The summed E-state index contributed by atoms with van der Waals surface area (Å²) < 4.78 is 19.4. The molecule has 1 aromatic heterocycles. The van der Waals surface area contributed by atoms with Crippen molar-refractivity contribution >= 4 is 11.8 Å². The molecule has 0 unspecified atom stereocenters. The second-order valence-electron chi connectivity index (χ2n) is 6.15. The molecule has 1 saturated heterocycles. The second kappa shape index (κ2) is 7.96. The predicted molar refractivity (Wildman–Crippen MR) is 91.2 cm³/mol. The van der Waals surface area contributed by atoms with E-state index in [0.29, 0.717) is 36.5 Å². The van der Waals surface area contributed by atoms with Crippen molar-refractivity contribution in [2.75, 3.05) is 6.54 Å². The maximum Gasteiger partial charge on any atom is 0.242 e. The van der Waals surface area contributed by atoms with E-state index in [4.69, 9.17) is 4.42 Å². The van der Waals surface area contributed by atoms with E-state index in [0.717, 1.165) is 12.8 Å². The van der Waals surface area contributed by atoms with Crippen molar-refractivity contribution in [3.05, 3.63) is 48.0 Å². The van der Waals surface area contributed by atoms with Gasteiger partial charge in [-0.15, -0.1) is 0 Å². The number of carbonyl (C=O) groups excluding carboxylic acids is 2. The first kappa shape index (κ1) is 17.2. The van der Waals surface area contributed by atoms with Crippen LogP contribution in [0.1, 0.15) is 31.4 Å². The summed E-state index contributed by atoms with van der Waals surface area (Å²) in [6.07, 6.45) is 3.12. The molecule has 1 aliphatic rings. The number of furan rings is 1. The van der Waals surface area contributed by atoms with Gasteiger partial charge in [0.2, 0.25) is 11.8 Å². The Labute approximate surface area is 145 Å². The molecule has 2 aromatic rings. The quantitative estimate of drug-likeness (QED) is 0.876. The van der Waals surface area contributed by atoms with Crippen LogP contribution in [0.5, 0.6) is 0 Å². The lowest BCUT2D eigenvalue weighted by Gasteiger charge is -2.14. The Morgan fingerprint density at radius 3 is 2.92 bits per heavy atom. The zero-order chi connectivity index (χ0) is 17.6. The molecule has 3 rings (SSSR count). The first-order chi connectivity index (χ1) is 12.1. The van der Waals surface area contributed by atoms with Gasteiger partial charge in [-0.05, 0) is 43.5 Å². The lowest BCUT2D eigenvalue weighted by atomic mass is 10.1. The summed E-state index contributed by atoms with van der Waals surface area (Å²) >= 11 is 0. The molecule has 1 fully saturated rings. The van der Waals surface area contributed by atoms with E-state index in [1.807, 2.05) is 0 Å². The van der Waals surface area contributed by atoms with Crippen molar-refractivity contribution in [1.82, 2.24) is 10.6 Å². The average Bonchev–Trinajstić information content (AvgIpc) is 2.98. The molecule has 1 atom stereocenters. The van der Waals surface area contributed by atoms with Crippen LogP contribution in [0.3, 0.4) is 0 Å². The number of hydrogen-bond acceptors (Lipinski definition) is 3. The number of hydrogen-bond donors (Lipinski definition) is 2. The van der Waals surface area contributed by atoms with Crippen molar-refractivity contribution in [1.29, 1.82) is 0 Å². The molecule has 0 bridgehead atoms. The largest absolute Gasteiger partial charge is 0.461 e. The number of halogens is 1. The van der Waals surface area contributed by atoms with Gasteiger partial charge in [0.05, 0.1) is 5.56 Å². The van der Waals surface area contributed by atoms with Gasteiger partial charge in [0.15, 0.2) is 0 Å². The minimum atomic E-state index is -0.458. The highest BCUT2D eigenvalue weighted by atomic mass is 19.1. The van der Waals surface area contributed by atoms with Gasteiger partial charge in [-0.2, -0.15) is 0 Å². The predicted octanol–water partition coefficient (Wildman–Crippen LogP) is 2.80. The van der Waals surface area contributed by atoms with E-state index >= 15 is 0 Å². The summed E-state index contributed by atoms with van der Waals surface area (Å²) in [6, 6.07) is 9.37. The molecule has 2 N–H and O–H groups in total. The van der Waals surface area contributed by atoms with Crippen molar-refractivity contribution in [3.8, 4) is 11.3 Å². The number of aryl methyl sites for hydroxylation is 1. The summed E-state index contributed by atoms with van der Waals surface area (Å²) in [6.45, 7) is 0.663. The Balaban J connectivity index is 1.54. The van der Waals surface area contributed by atoms with Crippen LogP contribution in [0.25, 0.3) is 11.3 Å². The number of amides is 2. The molecule has 1 aliphatic heterocycles. The summed E-state index contributed by atoms with van der Waals surface area (Å²) in [7, 11) is 0. The third-order valence-electron chi connectivity index (χ3n) is 4.27. The van der Waals surface area contributed by atoms with E-state index in [-0.39, 0.29) is 24.1 Å². The molecule has 0 spiro atoms. The topological polar surface area (TPSA) is 71.3 Å². The fourth-order valence-corrected chi connectivity index (χ4v) is 2.90. The van der Waals surface area contributed by atoms with E-state index in [1.54, 1.807) is 30.3 Å². The smallest absolute Gasteiger partial charge is 0.242 e. The van der Waals surface area contributed by atoms with E-state index < -0.39 is 6.04 Å². The third-order valence-corrected chi connectivity index (χ3v) is 4.27. The molecular weight excluding hydrogens is 323 g/mol. The Bertz CT molecular complexity index is 757. The van der Waals surface area contributed by atoms with Crippen LogP contribution in [-0.4, -0.2) is 24.4 Å². The lowest BCUT2D eigenvalue weighted by molar-refractivity contribution is -0.128. The third kappa shape index (κ3) is 4.47. The molecule has 132 valence electrons. The molecule has 5 nitrogen and oxygen atoms in total. The molecular formula is C19H21FN2O3. The number of rotatable bonds is 5. The van der Waals surface area contributed by atoms with Crippen molar-refractivity contribution < 1.29 is 18.4 Å². The molecule has 0 saturated carbocycles. The molecule has 2 amide bonds. The Kier molecular flexibility index (Phi) is 5.48. The van der Waals surface area contributed by atoms with Gasteiger partial charge < -0.3 is 15.1 Å². The summed E-state index contributed by atoms with van der Waals surface area (Å²) in [4.78, 5) is 23.9. The van der Waals surface area contributed by atoms with Crippen LogP contribution in [0.2, 0.25) is 0 Å². The van der Waals surface area contributed by atoms with Crippen molar-refractivity contribution in [2.45, 2.75) is 38.1 Å². The average molecular weight is 344 g/mol. The second-order valence-corrected chi connectivity index (χ2v) is 6.15. The highest BCUT2D eigenvalue weighted by Crippen LogP contribution is 2.25. The zero-order valence-corrected chi connectivity index (χ0v) is 13.9. The van der Waals surface area contributed by atoms with Gasteiger partial charge in [-0.1, -0.05) is 12.1 Å². The van der Waals surface area contributed by atoms with Crippen molar-refractivity contribution in [3.63, 3.8) is 0 Å². The Morgan fingerprint density at radius 1 is 1.24 bits per heavy atom. The fraction of sp³-hybridized carbons (Fsp3) is 0.368. The minimum absolute atomic E-state index is 0.120. The van der Waals surface area contributed by atoms with Crippen LogP contribution in [0.15, 0.2) is 40.8 Å².